The molecule has 222 valence electrons. The summed E-state index contributed by atoms with van der Waals surface area (Å²) in [6.45, 7) is 0.957. The van der Waals surface area contributed by atoms with Crippen LogP contribution in [-0.4, -0.2) is 68.9 Å². The highest BCUT2D eigenvalue weighted by atomic mass is 35.5. The number of carbonyl (C=O) groups excluding carboxylic acids is 2. The van der Waals surface area contributed by atoms with Gasteiger partial charge < -0.3 is 19.9 Å². The third-order valence-corrected chi connectivity index (χ3v) is 8.55. The van der Waals surface area contributed by atoms with E-state index in [0.717, 1.165) is 35.2 Å². The molecule has 1 aliphatic heterocycles. The molecule has 0 atom stereocenters. The van der Waals surface area contributed by atoms with Crippen LogP contribution < -0.4 is 10.1 Å². The highest BCUT2D eigenvalue weighted by Crippen LogP contribution is 2.53. The molecule has 1 saturated carbocycles. The van der Waals surface area contributed by atoms with Crippen LogP contribution in [0.4, 0.5) is 11.4 Å². The Bertz CT molecular complexity index is 1950. The van der Waals surface area contributed by atoms with Crippen LogP contribution in [0.1, 0.15) is 44.9 Å². The maximum atomic E-state index is 13.8. The van der Waals surface area contributed by atoms with Crippen molar-refractivity contribution >= 4 is 40.4 Å². The molecule has 3 aromatic heterocycles. The number of methoxy groups -OCH3 is 1. The number of para-hydroxylation sites is 1. The number of imidazole rings is 1. The van der Waals surface area contributed by atoms with Crippen LogP contribution >= 0.6 is 11.6 Å². The van der Waals surface area contributed by atoms with Gasteiger partial charge in [0.2, 0.25) is 0 Å². The van der Waals surface area contributed by atoms with Crippen molar-refractivity contribution in [2.24, 2.45) is 0 Å². The molecule has 0 radical (unpaired) electrons. The maximum Gasteiger partial charge on any atom is 0.271 e. The van der Waals surface area contributed by atoms with Crippen LogP contribution in [0.3, 0.4) is 0 Å². The second-order valence-electron chi connectivity index (χ2n) is 11.5. The van der Waals surface area contributed by atoms with Crippen molar-refractivity contribution in [3.05, 3.63) is 101 Å². The molecule has 1 spiro atoms. The van der Waals surface area contributed by atoms with Crippen molar-refractivity contribution in [3.8, 4) is 16.9 Å². The maximum absolute atomic E-state index is 13.8. The number of benzene rings is 2. The minimum absolute atomic E-state index is 0.0316. The predicted molar refractivity (Wildman–Crippen MR) is 168 cm³/mol. The molecule has 0 unspecified atom stereocenters. The van der Waals surface area contributed by atoms with Crippen LogP contribution in [0, 0.1) is 0 Å². The molecule has 2 aromatic carbocycles. The van der Waals surface area contributed by atoms with Crippen molar-refractivity contribution < 1.29 is 14.3 Å². The number of amides is 2. The number of nitrogens with one attached hydrogen (secondary N) is 1. The quantitative estimate of drug-likeness (QED) is 0.257. The third kappa shape index (κ3) is 4.81. The molecule has 1 aliphatic carbocycles. The van der Waals surface area contributed by atoms with Crippen molar-refractivity contribution in [3.63, 3.8) is 0 Å². The second-order valence-corrected chi connectivity index (χ2v) is 11.9. The lowest BCUT2D eigenvalue weighted by atomic mass is 9.84. The molecule has 0 bridgehead atoms. The zero-order valence-corrected chi connectivity index (χ0v) is 25.3. The first-order valence-electron chi connectivity index (χ1n) is 14.3. The zero-order chi connectivity index (χ0) is 30.6. The van der Waals surface area contributed by atoms with Crippen molar-refractivity contribution in [1.29, 1.82) is 0 Å². The van der Waals surface area contributed by atoms with E-state index in [1.807, 2.05) is 47.4 Å². The van der Waals surface area contributed by atoms with Gasteiger partial charge in [-0.05, 0) is 54.3 Å². The Balaban J connectivity index is 1.20. The lowest BCUT2D eigenvalue weighted by Crippen LogP contribution is -2.43. The molecule has 2 aliphatic rings. The Morgan fingerprint density at radius 1 is 1.07 bits per heavy atom. The Hall–Kier alpha value is -4.96. The van der Waals surface area contributed by atoms with E-state index in [4.69, 9.17) is 16.3 Å². The predicted octanol–water partition coefficient (Wildman–Crippen LogP) is 5.59. The van der Waals surface area contributed by atoms with Crippen LogP contribution in [0.5, 0.6) is 5.75 Å². The van der Waals surface area contributed by atoms with E-state index in [0.29, 0.717) is 52.3 Å². The number of hydrogen-bond acceptors (Lipinski definition) is 7. The first kappa shape index (κ1) is 27.8. The number of pyridine rings is 1. The number of carbonyl (C=O) groups is 2. The summed E-state index contributed by atoms with van der Waals surface area (Å²) in [7, 11) is 5.04. The molecule has 10 nitrogen and oxygen atoms in total. The third-order valence-electron chi connectivity index (χ3n) is 8.37. The van der Waals surface area contributed by atoms with Crippen LogP contribution in [0.2, 0.25) is 5.15 Å². The van der Waals surface area contributed by atoms with Gasteiger partial charge in [0.1, 0.15) is 11.4 Å². The molecular weight excluding hydrogens is 578 g/mol. The van der Waals surface area contributed by atoms with E-state index in [1.54, 1.807) is 50.2 Å². The van der Waals surface area contributed by atoms with Crippen LogP contribution in [0.25, 0.3) is 16.8 Å². The first-order chi connectivity index (χ1) is 21.3. The van der Waals surface area contributed by atoms with Gasteiger partial charge in [-0.3, -0.25) is 9.59 Å². The fourth-order valence-electron chi connectivity index (χ4n) is 6.05. The fraction of sp³-hybridized carbons (Fsp3) is 0.242. The van der Waals surface area contributed by atoms with Gasteiger partial charge in [-0.2, -0.15) is 5.10 Å². The number of halogens is 1. The number of hydrogen-bond donors (Lipinski definition) is 1. The van der Waals surface area contributed by atoms with Crippen molar-refractivity contribution in [2.45, 2.75) is 24.8 Å². The standard InChI is InChI=1S/C33H30ClN7O3/c1-39(2)32(43)26-9-4-6-21(36-26)18-40-19-33(12-13-33)24-16-20(10-11-23(24)31(40)42)22-7-5-8-25(29(22)44-3)37-27-17-28(34)38-41-15-14-35-30(27)41/h4-11,14-17,37H,12-13,18-19H2,1-3H3. The van der Waals surface area contributed by atoms with Gasteiger partial charge in [0, 0.05) is 55.6 Å². The summed E-state index contributed by atoms with van der Waals surface area (Å²) < 4.78 is 7.56. The number of rotatable bonds is 7. The normalized spacial score (nSPS) is 14.9. The fourth-order valence-corrected chi connectivity index (χ4v) is 6.24. The Morgan fingerprint density at radius 2 is 1.89 bits per heavy atom. The summed E-state index contributed by atoms with van der Waals surface area (Å²) >= 11 is 6.27. The number of nitrogens with zero attached hydrogens (tertiary/aromatic N) is 6. The Kier molecular flexibility index (Phi) is 6.73. The molecule has 0 saturated heterocycles. The molecule has 1 fully saturated rings. The van der Waals surface area contributed by atoms with E-state index >= 15 is 0 Å². The summed E-state index contributed by atoms with van der Waals surface area (Å²) in [5, 5.41) is 8.02. The molecule has 5 aromatic rings. The Labute approximate surface area is 259 Å². The molecule has 11 heteroatoms. The number of anilines is 2. The van der Waals surface area contributed by atoms with Crippen molar-refractivity contribution in [2.75, 3.05) is 33.1 Å². The minimum atomic E-state index is -0.164. The lowest BCUT2D eigenvalue weighted by Gasteiger charge is -2.35. The molecule has 7 rings (SSSR count). The zero-order valence-electron chi connectivity index (χ0n) is 24.5. The van der Waals surface area contributed by atoms with Gasteiger partial charge in [0.15, 0.2) is 10.8 Å². The molecule has 44 heavy (non-hydrogen) atoms. The number of ether oxygens (including phenoxy) is 1. The summed E-state index contributed by atoms with van der Waals surface area (Å²) in [6.07, 6.45) is 5.41. The highest BCUT2D eigenvalue weighted by molar-refractivity contribution is 6.29. The smallest absolute Gasteiger partial charge is 0.271 e. The molecule has 4 heterocycles. The topological polar surface area (TPSA) is 105 Å². The molecule has 2 amide bonds. The van der Waals surface area contributed by atoms with E-state index in [9.17, 15) is 9.59 Å². The lowest BCUT2D eigenvalue weighted by molar-refractivity contribution is 0.0696. The van der Waals surface area contributed by atoms with Crippen molar-refractivity contribution in [1.82, 2.24) is 29.4 Å². The number of fused-ring (bicyclic) bond motifs is 3. The van der Waals surface area contributed by atoms with Gasteiger partial charge >= 0.3 is 0 Å². The van der Waals surface area contributed by atoms with E-state index in [-0.39, 0.29) is 17.2 Å². The second kappa shape index (κ2) is 10.6. The largest absolute Gasteiger partial charge is 0.494 e. The van der Waals surface area contributed by atoms with E-state index in [1.165, 1.54) is 4.90 Å². The van der Waals surface area contributed by atoms with Crippen LogP contribution in [0.15, 0.2) is 73.1 Å². The van der Waals surface area contributed by atoms with Gasteiger partial charge in [0.25, 0.3) is 11.8 Å². The Morgan fingerprint density at radius 3 is 2.66 bits per heavy atom. The molecular formula is C33H30ClN7O3. The van der Waals surface area contributed by atoms with Crippen LogP contribution in [-0.2, 0) is 12.0 Å². The average molecular weight is 608 g/mol. The van der Waals surface area contributed by atoms with Gasteiger partial charge in [-0.1, -0.05) is 35.9 Å². The number of aromatic nitrogens is 4. The summed E-state index contributed by atoms with van der Waals surface area (Å²) in [4.78, 5) is 38.5. The SMILES string of the molecule is COc1c(Nc2cc(Cl)nn3ccnc23)cccc1-c1ccc2c(c1)C1(CC1)CN(Cc1cccc(C(=O)N(C)C)n1)C2=O. The summed E-state index contributed by atoms with van der Waals surface area (Å²) in [6, 6.07) is 19.1. The van der Waals surface area contributed by atoms with Gasteiger partial charge in [-0.15, -0.1) is 0 Å². The van der Waals surface area contributed by atoms with E-state index in [2.05, 4.69) is 26.4 Å². The minimum Gasteiger partial charge on any atom is -0.494 e. The van der Waals surface area contributed by atoms with Gasteiger partial charge in [-0.25, -0.2) is 14.5 Å². The highest BCUT2D eigenvalue weighted by Gasteiger charge is 2.51. The molecule has 1 N–H and O–H groups in total. The van der Waals surface area contributed by atoms with Gasteiger partial charge in [0.05, 0.1) is 30.7 Å². The monoisotopic (exact) mass is 607 g/mol. The summed E-state index contributed by atoms with van der Waals surface area (Å²) in [5.74, 6) is 0.468. The summed E-state index contributed by atoms with van der Waals surface area (Å²) in [5.41, 5.74) is 6.70. The first-order valence-corrected chi connectivity index (χ1v) is 14.7. The average Bonchev–Trinajstić information content (AvgIpc) is 3.64. The van der Waals surface area contributed by atoms with E-state index < -0.39 is 0 Å².